The predicted octanol–water partition coefficient (Wildman–Crippen LogP) is 3.38. The number of hydrogen-bond donors (Lipinski definition) is 1. The van der Waals surface area contributed by atoms with Gasteiger partial charge in [-0.05, 0) is 44.0 Å². The lowest BCUT2D eigenvalue weighted by atomic mass is 10.0. The maximum absolute atomic E-state index is 4.33. The quantitative estimate of drug-likeness (QED) is 0.803. The van der Waals surface area contributed by atoms with Crippen molar-refractivity contribution in [3.8, 4) is 0 Å². The molecule has 3 heteroatoms. The molecular weight excluding hydrogens is 222 g/mol. The number of nitrogens with one attached hydrogen (secondary N) is 1. The molecule has 18 heavy (non-hydrogen) atoms. The van der Waals surface area contributed by atoms with Gasteiger partial charge < -0.3 is 5.32 Å². The van der Waals surface area contributed by atoms with E-state index in [0.29, 0.717) is 12.0 Å². The van der Waals surface area contributed by atoms with Crippen molar-refractivity contribution in [3.05, 3.63) is 23.9 Å². The van der Waals surface area contributed by atoms with E-state index in [2.05, 4.69) is 62.1 Å². The zero-order valence-electron chi connectivity index (χ0n) is 12.4. The molecule has 0 amide bonds. The molecule has 102 valence electrons. The van der Waals surface area contributed by atoms with Crippen LogP contribution >= 0.6 is 0 Å². The summed E-state index contributed by atoms with van der Waals surface area (Å²) in [6.45, 7) is 10.9. The van der Waals surface area contributed by atoms with Gasteiger partial charge in [0.2, 0.25) is 0 Å². The van der Waals surface area contributed by atoms with E-state index in [0.717, 1.165) is 25.3 Å². The van der Waals surface area contributed by atoms with E-state index < -0.39 is 0 Å². The molecule has 1 aromatic heterocycles. The molecule has 0 aliphatic heterocycles. The minimum absolute atomic E-state index is 0.588. The van der Waals surface area contributed by atoms with Crippen molar-refractivity contribution in [2.45, 2.75) is 46.7 Å². The Hall–Kier alpha value is -1.09. The predicted molar refractivity (Wildman–Crippen MR) is 78.8 cm³/mol. The Balaban J connectivity index is 2.61. The van der Waals surface area contributed by atoms with Crippen molar-refractivity contribution in [1.82, 2.24) is 9.88 Å². The minimum atomic E-state index is 0.588. The molecule has 1 unspecified atom stereocenters. The highest BCUT2D eigenvalue weighted by Crippen LogP contribution is 2.14. The van der Waals surface area contributed by atoms with Crippen molar-refractivity contribution in [1.29, 1.82) is 0 Å². The molecule has 3 nitrogen and oxygen atoms in total. The molecule has 0 aliphatic rings. The normalized spacial score (nSPS) is 13.1. The number of nitrogens with zero attached hydrogens (tertiary/aromatic N) is 2. The topological polar surface area (TPSA) is 28.2 Å². The second-order valence-electron chi connectivity index (χ2n) is 5.38. The van der Waals surface area contributed by atoms with Gasteiger partial charge >= 0.3 is 0 Å². The molecule has 1 rings (SSSR count). The zero-order chi connectivity index (χ0) is 13.5. The van der Waals surface area contributed by atoms with Crippen molar-refractivity contribution in [3.63, 3.8) is 0 Å². The van der Waals surface area contributed by atoms with Gasteiger partial charge in [-0.3, -0.25) is 4.90 Å². The number of aromatic nitrogens is 1. The summed E-state index contributed by atoms with van der Waals surface area (Å²) in [5.74, 6) is 1.66. The monoisotopic (exact) mass is 249 g/mol. The summed E-state index contributed by atoms with van der Waals surface area (Å²) in [6.07, 6.45) is 3.01. The van der Waals surface area contributed by atoms with Gasteiger partial charge in [-0.25, -0.2) is 4.98 Å². The van der Waals surface area contributed by atoms with Gasteiger partial charge in [0.15, 0.2) is 0 Å². The average Bonchev–Trinajstić information content (AvgIpc) is 2.35. The maximum Gasteiger partial charge on any atom is 0.126 e. The number of anilines is 1. The SMILES string of the molecule is CCCNc1cc(CN(C)C(C)C(C)C)ccn1. The lowest BCUT2D eigenvalue weighted by Gasteiger charge is -2.27. The van der Waals surface area contributed by atoms with E-state index in [1.165, 1.54) is 5.56 Å². The van der Waals surface area contributed by atoms with E-state index in [9.17, 15) is 0 Å². The van der Waals surface area contributed by atoms with Crippen LogP contribution in [-0.2, 0) is 6.54 Å². The molecule has 1 aromatic rings. The van der Waals surface area contributed by atoms with Crippen LogP contribution < -0.4 is 5.32 Å². The van der Waals surface area contributed by atoms with Crippen LogP contribution in [0.15, 0.2) is 18.3 Å². The number of pyridine rings is 1. The summed E-state index contributed by atoms with van der Waals surface area (Å²) in [4.78, 5) is 6.73. The van der Waals surface area contributed by atoms with E-state index in [-0.39, 0.29) is 0 Å². The van der Waals surface area contributed by atoms with Crippen LogP contribution in [0.4, 0.5) is 5.82 Å². The van der Waals surface area contributed by atoms with Gasteiger partial charge in [-0.1, -0.05) is 20.8 Å². The van der Waals surface area contributed by atoms with E-state index in [4.69, 9.17) is 0 Å². The highest BCUT2D eigenvalue weighted by atomic mass is 15.1. The van der Waals surface area contributed by atoms with Gasteiger partial charge in [0, 0.05) is 25.3 Å². The van der Waals surface area contributed by atoms with E-state index >= 15 is 0 Å². The first-order valence-corrected chi connectivity index (χ1v) is 6.93. The first kappa shape index (κ1) is 15.0. The number of hydrogen-bond acceptors (Lipinski definition) is 3. The van der Waals surface area contributed by atoms with Crippen LogP contribution in [-0.4, -0.2) is 29.5 Å². The molecule has 0 saturated carbocycles. The number of rotatable bonds is 7. The highest BCUT2D eigenvalue weighted by molar-refractivity contribution is 5.37. The van der Waals surface area contributed by atoms with Crippen LogP contribution in [0.2, 0.25) is 0 Å². The Kier molecular flexibility index (Phi) is 6.13. The first-order valence-electron chi connectivity index (χ1n) is 6.93. The van der Waals surface area contributed by atoms with Crippen LogP contribution in [0, 0.1) is 5.92 Å². The average molecular weight is 249 g/mol. The molecule has 0 radical (unpaired) electrons. The van der Waals surface area contributed by atoms with Gasteiger partial charge in [0.05, 0.1) is 0 Å². The second-order valence-corrected chi connectivity index (χ2v) is 5.38. The van der Waals surface area contributed by atoms with Gasteiger partial charge in [-0.2, -0.15) is 0 Å². The zero-order valence-corrected chi connectivity index (χ0v) is 12.4. The summed E-state index contributed by atoms with van der Waals surface area (Å²) in [7, 11) is 2.18. The van der Waals surface area contributed by atoms with E-state index in [1.807, 2.05) is 6.20 Å². The molecular formula is C15H27N3. The summed E-state index contributed by atoms with van der Waals surface area (Å²) in [5, 5.41) is 3.33. The van der Waals surface area contributed by atoms with Crippen LogP contribution in [0.3, 0.4) is 0 Å². The van der Waals surface area contributed by atoms with Gasteiger partial charge in [-0.15, -0.1) is 0 Å². The summed E-state index contributed by atoms with van der Waals surface area (Å²) in [5.41, 5.74) is 1.32. The summed E-state index contributed by atoms with van der Waals surface area (Å²) < 4.78 is 0. The van der Waals surface area contributed by atoms with Crippen molar-refractivity contribution in [2.24, 2.45) is 5.92 Å². The molecule has 0 bridgehead atoms. The van der Waals surface area contributed by atoms with Crippen molar-refractivity contribution in [2.75, 3.05) is 18.9 Å². The van der Waals surface area contributed by atoms with Crippen molar-refractivity contribution < 1.29 is 0 Å². The third kappa shape index (κ3) is 4.65. The molecule has 1 heterocycles. The third-order valence-electron chi connectivity index (χ3n) is 3.47. The smallest absolute Gasteiger partial charge is 0.126 e. The Morgan fingerprint density at radius 2 is 2.06 bits per heavy atom. The fourth-order valence-corrected chi connectivity index (χ4v) is 1.86. The molecule has 0 fully saturated rings. The highest BCUT2D eigenvalue weighted by Gasteiger charge is 2.13. The lowest BCUT2D eigenvalue weighted by molar-refractivity contribution is 0.200. The molecule has 0 aliphatic carbocycles. The minimum Gasteiger partial charge on any atom is -0.370 e. The van der Waals surface area contributed by atoms with Gasteiger partial charge in [0.25, 0.3) is 0 Å². The van der Waals surface area contributed by atoms with E-state index in [1.54, 1.807) is 0 Å². The first-order chi connectivity index (χ1) is 8.54. The Labute approximate surface area is 112 Å². The van der Waals surface area contributed by atoms with Crippen molar-refractivity contribution >= 4 is 5.82 Å². The van der Waals surface area contributed by atoms with Crippen LogP contribution in [0.5, 0.6) is 0 Å². The summed E-state index contributed by atoms with van der Waals surface area (Å²) >= 11 is 0. The largest absolute Gasteiger partial charge is 0.370 e. The summed E-state index contributed by atoms with van der Waals surface area (Å²) in [6, 6.07) is 4.84. The van der Waals surface area contributed by atoms with Crippen LogP contribution in [0.1, 0.15) is 39.7 Å². The van der Waals surface area contributed by atoms with Gasteiger partial charge in [0.1, 0.15) is 5.82 Å². The fraction of sp³-hybridized carbons (Fsp3) is 0.667. The molecule has 1 atom stereocenters. The van der Waals surface area contributed by atoms with Crippen LogP contribution in [0.25, 0.3) is 0 Å². The third-order valence-corrected chi connectivity index (χ3v) is 3.47. The molecule has 1 N–H and O–H groups in total. The second kappa shape index (κ2) is 7.37. The molecule has 0 saturated heterocycles. The standard InChI is InChI=1S/C15H27N3/c1-6-8-16-15-10-14(7-9-17-15)11-18(5)13(4)12(2)3/h7,9-10,12-13H,6,8,11H2,1-5H3,(H,16,17). The Morgan fingerprint density at radius 3 is 2.67 bits per heavy atom. The fourth-order valence-electron chi connectivity index (χ4n) is 1.86. The molecule has 0 aromatic carbocycles. The Morgan fingerprint density at radius 1 is 1.33 bits per heavy atom. The lowest BCUT2D eigenvalue weighted by Crippen LogP contribution is -2.32. The maximum atomic E-state index is 4.33. The Bertz CT molecular complexity index is 349. The molecule has 0 spiro atoms.